The van der Waals surface area contributed by atoms with Crippen molar-refractivity contribution < 1.29 is 17.9 Å². The Morgan fingerprint density at radius 3 is 2.40 bits per heavy atom. The number of methoxy groups -OCH3 is 1. The van der Waals surface area contributed by atoms with E-state index in [4.69, 9.17) is 4.74 Å². The summed E-state index contributed by atoms with van der Waals surface area (Å²) in [6.07, 6.45) is -4.45. The van der Waals surface area contributed by atoms with Crippen LogP contribution in [-0.2, 0) is 6.18 Å². The van der Waals surface area contributed by atoms with Crippen LogP contribution >= 0.6 is 0 Å². The predicted octanol–water partition coefficient (Wildman–Crippen LogP) is 3.38. The Balaban J connectivity index is 2.67. The summed E-state index contributed by atoms with van der Waals surface area (Å²) in [6.45, 7) is 1.66. The van der Waals surface area contributed by atoms with Crippen LogP contribution in [0.5, 0.6) is 5.75 Å². The zero-order valence-corrected chi connectivity index (χ0v) is 10.8. The number of aryl methyl sites for hydroxylation is 1. The first-order valence-electron chi connectivity index (χ1n) is 5.78. The van der Waals surface area contributed by atoms with Crippen molar-refractivity contribution in [2.24, 2.45) is 0 Å². The summed E-state index contributed by atoms with van der Waals surface area (Å²) in [5.74, 6) is 0.263. The minimum absolute atomic E-state index is 0.197. The highest BCUT2D eigenvalue weighted by Gasteiger charge is 2.31. The van der Waals surface area contributed by atoms with Crippen LogP contribution in [0.1, 0.15) is 11.3 Å². The zero-order valence-electron chi connectivity index (χ0n) is 10.8. The van der Waals surface area contributed by atoms with Gasteiger partial charge in [0.05, 0.1) is 18.4 Å². The summed E-state index contributed by atoms with van der Waals surface area (Å²) in [7, 11) is 1.36. The van der Waals surface area contributed by atoms with Crippen molar-refractivity contribution in [3.05, 3.63) is 51.8 Å². The number of alkyl halides is 3. The second kappa shape index (κ2) is 5.03. The Hall–Kier alpha value is -2.24. The van der Waals surface area contributed by atoms with E-state index in [1.165, 1.54) is 25.3 Å². The number of rotatable bonds is 2. The molecule has 1 aromatic heterocycles. The van der Waals surface area contributed by atoms with Gasteiger partial charge in [-0.1, -0.05) is 0 Å². The topological polar surface area (TPSA) is 42.1 Å². The number of nitrogens with one attached hydrogen (secondary N) is 1. The van der Waals surface area contributed by atoms with Crippen molar-refractivity contribution in [3.63, 3.8) is 0 Å². The Morgan fingerprint density at radius 2 is 1.85 bits per heavy atom. The molecule has 0 saturated heterocycles. The molecule has 6 heteroatoms. The van der Waals surface area contributed by atoms with Crippen LogP contribution in [0.4, 0.5) is 13.2 Å². The van der Waals surface area contributed by atoms with Crippen molar-refractivity contribution in [2.45, 2.75) is 13.1 Å². The van der Waals surface area contributed by atoms with Crippen molar-refractivity contribution in [1.29, 1.82) is 0 Å². The SMILES string of the molecule is COc1ccc(C(F)(F)F)cc1-c1cc(=O)cc(C)[nH]1. The van der Waals surface area contributed by atoms with Crippen molar-refractivity contribution in [1.82, 2.24) is 4.98 Å². The average molecular weight is 283 g/mol. The van der Waals surface area contributed by atoms with Crippen LogP contribution in [0.25, 0.3) is 11.3 Å². The van der Waals surface area contributed by atoms with E-state index in [1.54, 1.807) is 6.92 Å². The molecule has 0 aliphatic heterocycles. The maximum atomic E-state index is 12.8. The fraction of sp³-hybridized carbons (Fsp3) is 0.214. The Morgan fingerprint density at radius 1 is 1.15 bits per heavy atom. The number of aromatic nitrogens is 1. The average Bonchev–Trinajstić information content (AvgIpc) is 2.35. The number of benzene rings is 1. The third-order valence-corrected chi connectivity index (χ3v) is 2.79. The van der Waals surface area contributed by atoms with E-state index >= 15 is 0 Å². The Kier molecular flexibility index (Phi) is 3.57. The van der Waals surface area contributed by atoms with E-state index in [0.29, 0.717) is 5.69 Å². The lowest BCUT2D eigenvalue weighted by molar-refractivity contribution is -0.137. The molecule has 2 rings (SSSR count). The Labute approximate surface area is 113 Å². The summed E-state index contributed by atoms with van der Waals surface area (Å²) in [5, 5.41) is 0. The monoisotopic (exact) mass is 283 g/mol. The third-order valence-electron chi connectivity index (χ3n) is 2.79. The lowest BCUT2D eigenvalue weighted by atomic mass is 10.1. The number of H-pyrrole nitrogens is 1. The zero-order chi connectivity index (χ0) is 14.9. The molecule has 3 nitrogen and oxygen atoms in total. The fourth-order valence-electron chi connectivity index (χ4n) is 1.92. The minimum Gasteiger partial charge on any atom is -0.496 e. The largest absolute Gasteiger partial charge is 0.496 e. The standard InChI is InChI=1S/C14H12F3NO2/c1-8-5-10(19)7-12(18-8)11-6-9(14(15,16)17)3-4-13(11)20-2/h3-7H,1-2H3,(H,18,19). The first-order valence-corrected chi connectivity index (χ1v) is 5.78. The molecule has 106 valence electrons. The van der Waals surface area contributed by atoms with Gasteiger partial charge >= 0.3 is 6.18 Å². The summed E-state index contributed by atoms with van der Waals surface area (Å²) in [5.41, 5.74) is -0.0283. The first kappa shape index (κ1) is 14.2. The van der Waals surface area contributed by atoms with Gasteiger partial charge in [0.15, 0.2) is 5.43 Å². The predicted molar refractivity (Wildman–Crippen MR) is 68.8 cm³/mol. The fourth-order valence-corrected chi connectivity index (χ4v) is 1.92. The van der Waals surface area contributed by atoms with E-state index in [9.17, 15) is 18.0 Å². The summed E-state index contributed by atoms with van der Waals surface area (Å²) in [4.78, 5) is 14.4. The molecule has 20 heavy (non-hydrogen) atoms. The highest BCUT2D eigenvalue weighted by atomic mass is 19.4. The number of hydrogen-bond acceptors (Lipinski definition) is 2. The molecule has 0 amide bonds. The van der Waals surface area contributed by atoms with Crippen LogP contribution in [0.2, 0.25) is 0 Å². The Bertz CT molecular complexity index is 690. The number of halogens is 3. The maximum Gasteiger partial charge on any atom is 0.416 e. The van der Waals surface area contributed by atoms with Crippen LogP contribution in [0.3, 0.4) is 0 Å². The molecule has 0 saturated carbocycles. The smallest absolute Gasteiger partial charge is 0.416 e. The quantitative estimate of drug-likeness (QED) is 0.918. The molecular formula is C14H12F3NO2. The van der Waals surface area contributed by atoms with Gasteiger partial charge in [0.25, 0.3) is 0 Å². The first-order chi connectivity index (χ1) is 9.31. The number of hydrogen-bond donors (Lipinski definition) is 1. The van der Waals surface area contributed by atoms with Gasteiger partial charge in [-0.15, -0.1) is 0 Å². The lowest BCUT2D eigenvalue weighted by Gasteiger charge is -2.13. The maximum absolute atomic E-state index is 12.8. The van der Waals surface area contributed by atoms with E-state index in [2.05, 4.69) is 4.98 Å². The molecule has 0 fully saturated rings. The summed E-state index contributed by atoms with van der Waals surface area (Å²) in [6, 6.07) is 5.74. The van der Waals surface area contributed by atoms with Crippen molar-refractivity contribution >= 4 is 0 Å². The van der Waals surface area contributed by atoms with Crippen molar-refractivity contribution in [2.75, 3.05) is 7.11 Å². The molecule has 1 N–H and O–H groups in total. The van der Waals surface area contributed by atoms with Gasteiger partial charge in [-0.2, -0.15) is 13.2 Å². The van der Waals surface area contributed by atoms with Crippen molar-refractivity contribution in [3.8, 4) is 17.0 Å². The molecule has 0 bridgehead atoms. The van der Waals surface area contributed by atoms with Gasteiger partial charge in [-0.05, 0) is 25.1 Å². The molecule has 1 aromatic carbocycles. The molecule has 0 aliphatic rings. The minimum atomic E-state index is -4.45. The second-order valence-corrected chi connectivity index (χ2v) is 4.33. The van der Waals surface area contributed by atoms with Crippen LogP contribution < -0.4 is 10.2 Å². The molecule has 0 radical (unpaired) electrons. The molecule has 0 atom stereocenters. The van der Waals surface area contributed by atoms with E-state index in [-0.39, 0.29) is 22.4 Å². The normalized spacial score (nSPS) is 11.4. The molecule has 0 aliphatic carbocycles. The number of ether oxygens (including phenoxy) is 1. The van der Waals surface area contributed by atoms with E-state index in [0.717, 1.165) is 12.1 Å². The lowest BCUT2D eigenvalue weighted by Crippen LogP contribution is -2.07. The number of pyridine rings is 1. The highest BCUT2D eigenvalue weighted by Crippen LogP contribution is 2.36. The molecule has 0 unspecified atom stereocenters. The molecule has 1 heterocycles. The van der Waals surface area contributed by atoms with Gasteiger partial charge < -0.3 is 9.72 Å². The second-order valence-electron chi connectivity index (χ2n) is 4.33. The third kappa shape index (κ3) is 2.84. The van der Waals surface area contributed by atoms with Gasteiger partial charge in [-0.25, -0.2) is 0 Å². The molecule has 2 aromatic rings. The van der Waals surface area contributed by atoms with Crippen LogP contribution in [-0.4, -0.2) is 12.1 Å². The molecular weight excluding hydrogens is 271 g/mol. The van der Waals surface area contributed by atoms with Gasteiger partial charge in [0.1, 0.15) is 5.75 Å². The summed E-state index contributed by atoms with van der Waals surface area (Å²) >= 11 is 0. The summed E-state index contributed by atoms with van der Waals surface area (Å²) < 4.78 is 43.4. The van der Waals surface area contributed by atoms with E-state index < -0.39 is 11.7 Å². The van der Waals surface area contributed by atoms with Gasteiger partial charge in [-0.3, -0.25) is 4.79 Å². The van der Waals surface area contributed by atoms with E-state index in [1.807, 2.05) is 0 Å². The highest BCUT2D eigenvalue weighted by molar-refractivity contribution is 5.68. The van der Waals surface area contributed by atoms with Gasteiger partial charge in [0, 0.05) is 23.4 Å². The van der Waals surface area contributed by atoms with Gasteiger partial charge in [0.2, 0.25) is 0 Å². The van der Waals surface area contributed by atoms with Crippen LogP contribution in [0.15, 0.2) is 35.1 Å². The van der Waals surface area contributed by atoms with Crippen LogP contribution in [0, 0.1) is 6.92 Å². The molecule has 0 spiro atoms. The number of aromatic amines is 1.